The zero-order valence-corrected chi connectivity index (χ0v) is 9.10. The van der Waals surface area contributed by atoms with Crippen molar-refractivity contribution in [1.82, 2.24) is 0 Å². The van der Waals surface area contributed by atoms with Gasteiger partial charge in [0.2, 0.25) is 0 Å². The highest BCUT2D eigenvalue weighted by molar-refractivity contribution is 5.40. The zero-order valence-electron chi connectivity index (χ0n) is 9.10. The number of rotatable bonds is 1. The second kappa shape index (κ2) is 3.08. The van der Waals surface area contributed by atoms with Gasteiger partial charge in [-0.15, -0.1) is 0 Å². The van der Waals surface area contributed by atoms with E-state index in [0.29, 0.717) is 5.92 Å². The van der Waals surface area contributed by atoms with Gasteiger partial charge in [-0.05, 0) is 41.4 Å². The molecular weight excluding hydrogens is 175 g/mol. The number of hydrogen-bond donors (Lipinski definition) is 0. The van der Waals surface area contributed by atoms with Crippen LogP contribution >= 0.6 is 0 Å². The Morgan fingerprint density at radius 3 is 2.71 bits per heavy atom. The van der Waals surface area contributed by atoms with Crippen LogP contribution in [0.5, 0.6) is 0 Å². The molecule has 0 saturated heterocycles. The summed E-state index contributed by atoms with van der Waals surface area (Å²) in [5, 5.41) is 0. The first-order chi connectivity index (χ1) is 6.55. The van der Waals surface area contributed by atoms with Crippen LogP contribution < -0.4 is 0 Å². The van der Waals surface area contributed by atoms with Gasteiger partial charge in [-0.1, -0.05) is 32.9 Å². The average molecular weight is 192 g/mol. The summed E-state index contributed by atoms with van der Waals surface area (Å²) < 4.78 is 13.5. The second-order valence-electron chi connectivity index (χ2n) is 4.84. The summed E-state index contributed by atoms with van der Waals surface area (Å²) in [5.74, 6) is 0.553. The molecule has 0 fully saturated rings. The van der Waals surface area contributed by atoms with Crippen molar-refractivity contribution in [3.05, 3.63) is 35.1 Å². The van der Waals surface area contributed by atoms with Gasteiger partial charge in [-0.2, -0.15) is 0 Å². The number of halogens is 1. The van der Waals surface area contributed by atoms with E-state index in [4.69, 9.17) is 0 Å². The molecule has 0 aromatic heterocycles. The molecule has 1 aromatic carbocycles. The molecule has 14 heavy (non-hydrogen) atoms. The highest BCUT2D eigenvalue weighted by Gasteiger charge is 2.37. The van der Waals surface area contributed by atoms with E-state index in [0.717, 1.165) is 18.4 Å². The lowest BCUT2D eigenvalue weighted by atomic mass is 9.74. The third-order valence-electron chi connectivity index (χ3n) is 3.90. The maximum Gasteiger partial charge on any atom is 0.126 e. The Hall–Kier alpha value is -0.850. The molecule has 0 amide bonds. The first-order valence-electron chi connectivity index (χ1n) is 5.33. The molecule has 1 aromatic rings. The van der Waals surface area contributed by atoms with Gasteiger partial charge in [0.1, 0.15) is 5.82 Å². The van der Waals surface area contributed by atoms with E-state index in [-0.39, 0.29) is 11.2 Å². The van der Waals surface area contributed by atoms with Crippen LogP contribution in [0.3, 0.4) is 0 Å². The van der Waals surface area contributed by atoms with Gasteiger partial charge in [0.05, 0.1) is 0 Å². The number of benzene rings is 1. The van der Waals surface area contributed by atoms with E-state index < -0.39 is 0 Å². The highest BCUT2D eigenvalue weighted by Crippen LogP contribution is 2.44. The van der Waals surface area contributed by atoms with Gasteiger partial charge in [-0.25, -0.2) is 4.39 Å². The van der Waals surface area contributed by atoms with Crippen molar-refractivity contribution in [2.45, 2.75) is 39.0 Å². The molecular formula is C13H17F. The van der Waals surface area contributed by atoms with Crippen molar-refractivity contribution in [1.29, 1.82) is 0 Å². The van der Waals surface area contributed by atoms with Crippen LogP contribution in [0.25, 0.3) is 0 Å². The molecule has 1 unspecified atom stereocenters. The van der Waals surface area contributed by atoms with Crippen LogP contribution in [0.2, 0.25) is 0 Å². The lowest BCUT2D eigenvalue weighted by molar-refractivity contribution is 0.337. The fraction of sp³-hybridized carbons (Fsp3) is 0.538. The average Bonchev–Trinajstić information content (AvgIpc) is 2.47. The Morgan fingerprint density at radius 1 is 1.36 bits per heavy atom. The van der Waals surface area contributed by atoms with E-state index in [2.05, 4.69) is 26.8 Å². The molecule has 0 aliphatic heterocycles. The minimum absolute atomic E-state index is 0.0214. The fourth-order valence-corrected chi connectivity index (χ4v) is 2.47. The lowest BCUT2D eigenvalue weighted by Gasteiger charge is -2.30. The zero-order chi connectivity index (χ0) is 10.3. The predicted molar refractivity (Wildman–Crippen MR) is 56.9 cm³/mol. The van der Waals surface area contributed by atoms with Crippen LogP contribution in [0.15, 0.2) is 18.2 Å². The van der Waals surface area contributed by atoms with Crippen molar-refractivity contribution in [3.8, 4) is 0 Å². The lowest BCUT2D eigenvalue weighted by Crippen LogP contribution is -2.25. The topological polar surface area (TPSA) is 0 Å². The maximum atomic E-state index is 13.5. The fourth-order valence-electron chi connectivity index (χ4n) is 2.47. The molecule has 0 heterocycles. The molecule has 0 saturated carbocycles. The van der Waals surface area contributed by atoms with Crippen LogP contribution in [0, 0.1) is 11.7 Å². The summed E-state index contributed by atoms with van der Waals surface area (Å²) >= 11 is 0. The Bertz CT molecular complexity index is 354. The smallest absolute Gasteiger partial charge is 0.126 e. The number of fused-ring (bicyclic) bond motifs is 1. The first-order valence-corrected chi connectivity index (χ1v) is 5.33. The highest BCUT2D eigenvalue weighted by atomic mass is 19.1. The summed E-state index contributed by atoms with van der Waals surface area (Å²) in [6, 6.07) is 5.50. The molecule has 0 bridgehead atoms. The summed E-state index contributed by atoms with van der Waals surface area (Å²) in [6.07, 6.45) is 1.98. The van der Waals surface area contributed by atoms with Crippen molar-refractivity contribution >= 4 is 0 Å². The Morgan fingerprint density at radius 2 is 2.07 bits per heavy atom. The quantitative estimate of drug-likeness (QED) is 0.636. The summed E-state index contributed by atoms with van der Waals surface area (Å²) in [7, 11) is 0. The van der Waals surface area contributed by atoms with Gasteiger partial charge in [0, 0.05) is 0 Å². The monoisotopic (exact) mass is 192 g/mol. The van der Waals surface area contributed by atoms with Crippen LogP contribution in [0.4, 0.5) is 4.39 Å². The molecule has 0 N–H and O–H groups in total. The standard InChI is InChI=1S/C13H17F/c1-9(2)13(3)8-7-10-11(13)5-4-6-12(10)14/h4-6,9H,7-8H2,1-3H3. The normalized spacial score (nSPS) is 25.5. The van der Waals surface area contributed by atoms with Crippen molar-refractivity contribution in [3.63, 3.8) is 0 Å². The Kier molecular flexibility index (Phi) is 2.13. The van der Waals surface area contributed by atoms with Crippen molar-refractivity contribution < 1.29 is 4.39 Å². The molecule has 0 spiro atoms. The van der Waals surface area contributed by atoms with E-state index >= 15 is 0 Å². The molecule has 1 heteroatoms. The largest absolute Gasteiger partial charge is 0.207 e. The Labute approximate surface area is 85.1 Å². The van der Waals surface area contributed by atoms with Crippen molar-refractivity contribution in [2.75, 3.05) is 0 Å². The first kappa shape index (κ1) is 9.70. The summed E-state index contributed by atoms with van der Waals surface area (Å²) in [6.45, 7) is 6.70. The summed E-state index contributed by atoms with van der Waals surface area (Å²) in [5.41, 5.74) is 2.36. The second-order valence-corrected chi connectivity index (χ2v) is 4.84. The van der Waals surface area contributed by atoms with Crippen molar-refractivity contribution in [2.24, 2.45) is 5.92 Å². The van der Waals surface area contributed by atoms with Crippen LogP contribution in [-0.2, 0) is 11.8 Å². The number of hydrogen-bond acceptors (Lipinski definition) is 0. The molecule has 76 valence electrons. The van der Waals surface area contributed by atoms with Crippen LogP contribution in [-0.4, -0.2) is 0 Å². The van der Waals surface area contributed by atoms with Gasteiger partial charge in [-0.3, -0.25) is 0 Å². The van der Waals surface area contributed by atoms with Crippen LogP contribution in [0.1, 0.15) is 38.3 Å². The minimum atomic E-state index is -0.0214. The molecule has 2 rings (SSSR count). The molecule has 1 atom stereocenters. The molecule has 1 aliphatic rings. The third-order valence-corrected chi connectivity index (χ3v) is 3.90. The Balaban J connectivity index is 2.55. The van der Waals surface area contributed by atoms with Gasteiger partial charge in [0.15, 0.2) is 0 Å². The predicted octanol–water partition coefficient (Wildman–Crippen LogP) is 3.69. The minimum Gasteiger partial charge on any atom is -0.207 e. The van der Waals surface area contributed by atoms with Gasteiger partial charge in [0.25, 0.3) is 0 Å². The van der Waals surface area contributed by atoms with E-state index in [1.54, 1.807) is 6.07 Å². The summed E-state index contributed by atoms with van der Waals surface area (Å²) in [4.78, 5) is 0. The third kappa shape index (κ3) is 1.18. The van der Waals surface area contributed by atoms with E-state index in [9.17, 15) is 4.39 Å². The van der Waals surface area contributed by atoms with E-state index in [1.165, 1.54) is 5.56 Å². The molecule has 1 aliphatic carbocycles. The molecule has 0 nitrogen and oxygen atoms in total. The van der Waals surface area contributed by atoms with Gasteiger partial charge >= 0.3 is 0 Å². The SMILES string of the molecule is CC(C)C1(C)CCc2c(F)cccc21. The molecule has 0 radical (unpaired) electrons. The van der Waals surface area contributed by atoms with E-state index in [1.807, 2.05) is 6.07 Å². The van der Waals surface area contributed by atoms with Gasteiger partial charge < -0.3 is 0 Å². The maximum absolute atomic E-state index is 13.5.